The van der Waals surface area contributed by atoms with Crippen LogP contribution in [0.4, 0.5) is 4.79 Å². The first-order chi connectivity index (χ1) is 13.9. The molecule has 1 saturated heterocycles. The Morgan fingerprint density at radius 1 is 1.17 bits per heavy atom. The fourth-order valence-electron chi connectivity index (χ4n) is 4.35. The van der Waals surface area contributed by atoms with Crippen molar-refractivity contribution in [2.75, 3.05) is 34.1 Å². The molecule has 1 aliphatic heterocycles. The number of hydrogen-bond donors (Lipinski definition) is 0. The molecule has 0 N–H and O–H groups in total. The molecular formula is C22H31NO6. The molecule has 160 valence electrons. The molecule has 3 rings (SSSR count). The number of ketones is 1. The summed E-state index contributed by atoms with van der Waals surface area (Å²) >= 11 is 0. The van der Waals surface area contributed by atoms with Crippen molar-refractivity contribution in [1.82, 2.24) is 4.90 Å². The quantitative estimate of drug-likeness (QED) is 0.643. The van der Waals surface area contributed by atoms with Gasteiger partial charge in [-0.1, -0.05) is 13.0 Å². The summed E-state index contributed by atoms with van der Waals surface area (Å²) in [5, 5.41) is 0. The molecule has 1 aromatic rings. The van der Waals surface area contributed by atoms with E-state index >= 15 is 0 Å². The first-order valence-corrected chi connectivity index (χ1v) is 10.1. The Bertz CT molecular complexity index is 745. The molecule has 29 heavy (non-hydrogen) atoms. The zero-order valence-electron chi connectivity index (χ0n) is 17.7. The van der Waals surface area contributed by atoms with Crippen molar-refractivity contribution in [1.29, 1.82) is 0 Å². The van der Waals surface area contributed by atoms with E-state index in [2.05, 4.69) is 0 Å². The molecule has 0 unspecified atom stereocenters. The normalized spacial score (nSPS) is 24.6. The van der Waals surface area contributed by atoms with Crippen molar-refractivity contribution in [2.45, 2.75) is 51.6 Å². The maximum Gasteiger partial charge on any atom is 0.411 e. The molecule has 0 spiro atoms. The Morgan fingerprint density at radius 3 is 2.52 bits per heavy atom. The van der Waals surface area contributed by atoms with Crippen LogP contribution in [-0.4, -0.2) is 57.0 Å². The van der Waals surface area contributed by atoms with E-state index in [1.54, 1.807) is 18.9 Å². The predicted molar refractivity (Wildman–Crippen MR) is 107 cm³/mol. The summed E-state index contributed by atoms with van der Waals surface area (Å²) in [7, 11) is 3.09. The Kier molecular flexibility index (Phi) is 6.67. The van der Waals surface area contributed by atoms with Gasteiger partial charge in [-0.25, -0.2) is 4.79 Å². The summed E-state index contributed by atoms with van der Waals surface area (Å²) in [5.74, 6) is 1.26. The first-order valence-electron chi connectivity index (χ1n) is 10.1. The minimum Gasteiger partial charge on any atom is -0.493 e. The van der Waals surface area contributed by atoms with Gasteiger partial charge in [0, 0.05) is 26.1 Å². The third-order valence-corrected chi connectivity index (χ3v) is 6.24. The van der Waals surface area contributed by atoms with Crippen molar-refractivity contribution < 1.29 is 28.5 Å². The van der Waals surface area contributed by atoms with E-state index in [0.29, 0.717) is 24.6 Å². The Balaban J connectivity index is 1.87. The van der Waals surface area contributed by atoms with Crippen molar-refractivity contribution in [3.8, 4) is 11.5 Å². The number of carbonyl (C=O) groups is 2. The molecule has 1 aromatic carbocycles. The fraction of sp³-hybridized carbons (Fsp3) is 0.636. The van der Waals surface area contributed by atoms with Crippen LogP contribution in [0, 0.1) is 5.41 Å². The van der Waals surface area contributed by atoms with Crippen LogP contribution in [-0.2, 0) is 14.3 Å². The lowest BCUT2D eigenvalue weighted by Gasteiger charge is -2.28. The number of nitrogens with zero attached hydrogens (tertiary/aromatic N) is 1. The summed E-state index contributed by atoms with van der Waals surface area (Å²) in [6.07, 6.45) is 4.16. The van der Waals surface area contributed by atoms with Crippen LogP contribution < -0.4 is 9.47 Å². The van der Waals surface area contributed by atoms with Gasteiger partial charge in [0.05, 0.1) is 18.6 Å². The molecular weight excluding hydrogens is 374 g/mol. The van der Waals surface area contributed by atoms with Crippen LogP contribution in [0.5, 0.6) is 11.5 Å². The van der Waals surface area contributed by atoms with Crippen molar-refractivity contribution in [3.63, 3.8) is 0 Å². The predicted octanol–water partition coefficient (Wildman–Crippen LogP) is 3.75. The molecule has 1 aliphatic carbocycles. The number of likely N-dealkylation sites (tertiary alicyclic amines) is 1. The Labute approximate surface area is 172 Å². The lowest BCUT2D eigenvalue weighted by Crippen LogP contribution is -2.35. The molecule has 2 atom stereocenters. The van der Waals surface area contributed by atoms with E-state index in [-0.39, 0.29) is 24.6 Å². The molecule has 0 radical (unpaired) electrons. The van der Waals surface area contributed by atoms with Gasteiger partial charge in [0.25, 0.3) is 0 Å². The average Bonchev–Trinajstić information content (AvgIpc) is 3.34. The number of amides is 1. The van der Waals surface area contributed by atoms with Crippen LogP contribution in [0.1, 0.15) is 51.0 Å². The van der Waals surface area contributed by atoms with Gasteiger partial charge in [-0.15, -0.1) is 0 Å². The summed E-state index contributed by atoms with van der Waals surface area (Å²) in [6.45, 7) is 4.08. The molecule has 0 bridgehead atoms. The van der Waals surface area contributed by atoms with Crippen molar-refractivity contribution in [2.24, 2.45) is 5.41 Å². The van der Waals surface area contributed by atoms with Gasteiger partial charge in [-0.05, 0) is 50.3 Å². The lowest BCUT2D eigenvalue weighted by molar-refractivity contribution is -0.125. The number of hydrogen-bond acceptors (Lipinski definition) is 6. The highest BCUT2D eigenvalue weighted by Gasteiger charge is 2.49. The number of benzene rings is 1. The van der Waals surface area contributed by atoms with Crippen LogP contribution in [0.25, 0.3) is 0 Å². The third-order valence-electron chi connectivity index (χ3n) is 6.24. The van der Waals surface area contributed by atoms with E-state index in [1.807, 2.05) is 25.1 Å². The second-order valence-electron chi connectivity index (χ2n) is 8.16. The summed E-state index contributed by atoms with van der Waals surface area (Å²) in [6, 6.07) is 5.80. The fourth-order valence-corrected chi connectivity index (χ4v) is 4.35. The van der Waals surface area contributed by atoms with Crippen molar-refractivity contribution >= 4 is 11.9 Å². The minimum atomic E-state index is -0.703. The molecule has 7 heteroatoms. The van der Waals surface area contributed by atoms with Gasteiger partial charge in [0.1, 0.15) is 5.78 Å². The number of Topliss-reactive ketones (excluding diaryl/α,β-unsaturated/α-hetero) is 1. The van der Waals surface area contributed by atoms with Gasteiger partial charge in [0.2, 0.25) is 0 Å². The maximum atomic E-state index is 12.6. The number of carbonyl (C=O) groups excluding carboxylic acids is 2. The molecule has 1 heterocycles. The minimum absolute atomic E-state index is 0.0404. The molecule has 1 amide bonds. The lowest BCUT2D eigenvalue weighted by atomic mass is 9.73. The van der Waals surface area contributed by atoms with Gasteiger partial charge in [-0.3, -0.25) is 4.79 Å². The highest BCUT2D eigenvalue weighted by molar-refractivity contribution is 5.85. The summed E-state index contributed by atoms with van der Waals surface area (Å²) < 4.78 is 21.6. The topological polar surface area (TPSA) is 74.3 Å². The summed E-state index contributed by atoms with van der Waals surface area (Å²) in [4.78, 5) is 26.5. The maximum absolute atomic E-state index is 12.6. The number of methoxy groups -OCH3 is 2. The monoisotopic (exact) mass is 405 g/mol. The van der Waals surface area contributed by atoms with Gasteiger partial charge in [-0.2, -0.15) is 0 Å². The third kappa shape index (κ3) is 4.50. The van der Waals surface area contributed by atoms with E-state index in [1.165, 1.54) is 20.0 Å². The average molecular weight is 405 g/mol. The second-order valence-corrected chi connectivity index (χ2v) is 8.16. The summed E-state index contributed by atoms with van der Waals surface area (Å²) in [5.41, 5.74) is 0.254. The van der Waals surface area contributed by atoms with Gasteiger partial charge >= 0.3 is 6.09 Å². The largest absolute Gasteiger partial charge is 0.493 e. The van der Waals surface area contributed by atoms with Gasteiger partial charge in [0.15, 0.2) is 18.3 Å². The molecule has 1 saturated carbocycles. The van der Waals surface area contributed by atoms with Crippen molar-refractivity contribution in [3.05, 3.63) is 23.8 Å². The molecule has 0 aromatic heterocycles. The zero-order valence-corrected chi connectivity index (χ0v) is 17.7. The smallest absolute Gasteiger partial charge is 0.411 e. The second kappa shape index (κ2) is 9.03. The highest BCUT2D eigenvalue weighted by Crippen LogP contribution is 2.45. The number of ether oxygens (including phenoxy) is 4. The van der Waals surface area contributed by atoms with E-state index in [4.69, 9.17) is 18.9 Å². The van der Waals surface area contributed by atoms with E-state index in [0.717, 1.165) is 18.4 Å². The van der Waals surface area contributed by atoms with Gasteiger partial charge < -0.3 is 23.8 Å². The Hall–Kier alpha value is -2.28. The molecule has 2 fully saturated rings. The van der Waals surface area contributed by atoms with Crippen LogP contribution in [0.3, 0.4) is 0 Å². The first kappa shape index (κ1) is 21.4. The van der Waals surface area contributed by atoms with Crippen LogP contribution >= 0.6 is 0 Å². The Morgan fingerprint density at radius 2 is 1.90 bits per heavy atom. The SMILES string of the molecule is COCOC(=O)N1C[C@@H](c2ccc(OC)c(OC3CCCC3)c2)[C@](C)(C(C)=O)C1. The van der Waals surface area contributed by atoms with Crippen LogP contribution in [0.2, 0.25) is 0 Å². The molecule has 7 nitrogen and oxygen atoms in total. The van der Waals surface area contributed by atoms with E-state index < -0.39 is 11.5 Å². The van der Waals surface area contributed by atoms with E-state index in [9.17, 15) is 9.59 Å². The highest BCUT2D eigenvalue weighted by atomic mass is 16.7. The number of rotatable bonds is 7. The zero-order chi connectivity index (χ0) is 21.0. The molecule has 2 aliphatic rings. The van der Waals surface area contributed by atoms with Crippen LogP contribution in [0.15, 0.2) is 18.2 Å². The standard InChI is InChI=1S/C22H31NO6/c1-15(24)22(2)13-23(21(25)28-14-26-3)12-18(22)16-9-10-19(27-4)20(11-16)29-17-7-5-6-8-17/h9-11,17-18H,5-8,12-14H2,1-4H3/t18-,22-/m0/s1.